The largest absolute Gasteiger partial charge is 0.352 e. The van der Waals surface area contributed by atoms with Gasteiger partial charge in [-0.05, 0) is 18.3 Å². The first-order valence-electron chi connectivity index (χ1n) is 6.76. The van der Waals surface area contributed by atoms with Crippen LogP contribution in [-0.2, 0) is 4.79 Å². The molecule has 1 fully saturated rings. The first kappa shape index (κ1) is 14.3. The second-order valence-electron chi connectivity index (χ2n) is 5.23. The van der Waals surface area contributed by atoms with E-state index in [0.717, 1.165) is 29.0 Å². The zero-order chi connectivity index (χ0) is 13.0. The quantitative estimate of drug-likeness (QED) is 0.867. The van der Waals surface area contributed by atoms with Crippen molar-refractivity contribution in [1.82, 2.24) is 5.32 Å². The smallest absolute Gasteiger partial charge is 0.230 e. The third kappa shape index (κ3) is 3.92. The summed E-state index contributed by atoms with van der Waals surface area (Å²) in [7, 11) is 0. The minimum absolute atomic E-state index is 0.168. The number of hydrogen-bond acceptors (Lipinski definition) is 4. The molecule has 102 valence electrons. The molecule has 1 N–H and O–H groups in total. The van der Waals surface area contributed by atoms with Gasteiger partial charge in [-0.1, -0.05) is 50.2 Å². The average Bonchev–Trinajstić information content (AvgIpc) is 2.86. The van der Waals surface area contributed by atoms with E-state index in [9.17, 15) is 4.79 Å². The number of amides is 1. The number of rotatable bonds is 3. The van der Waals surface area contributed by atoms with Crippen LogP contribution in [-0.4, -0.2) is 34.4 Å². The van der Waals surface area contributed by atoms with Gasteiger partial charge in [-0.3, -0.25) is 9.79 Å². The number of thioether (sulfide) groups is 2. The van der Waals surface area contributed by atoms with Gasteiger partial charge < -0.3 is 5.32 Å². The Morgan fingerprint density at radius 2 is 2.33 bits per heavy atom. The van der Waals surface area contributed by atoms with Crippen molar-refractivity contribution in [3.8, 4) is 0 Å². The SMILES string of the molecule is C[C@H]1[C@H](C)CCC[C@H]1NC(=O)CSC1=NCCS1. The Hall–Kier alpha value is -0.160. The number of hydrogen-bond donors (Lipinski definition) is 1. The van der Waals surface area contributed by atoms with Crippen LogP contribution in [0.2, 0.25) is 0 Å². The molecule has 1 saturated carbocycles. The van der Waals surface area contributed by atoms with Crippen LogP contribution in [0.3, 0.4) is 0 Å². The molecule has 0 aromatic carbocycles. The monoisotopic (exact) mass is 286 g/mol. The van der Waals surface area contributed by atoms with Crippen molar-refractivity contribution >= 4 is 33.8 Å². The van der Waals surface area contributed by atoms with Crippen LogP contribution in [0.5, 0.6) is 0 Å². The molecule has 0 aromatic rings. The van der Waals surface area contributed by atoms with Crippen LogP contribution in [0.1, 0.15) is 33.1 Å². The Kier molecular flexibility index (Phi) is 5.42. The highest BCUT2D eigenvalue weighted by atomic mass is 32.2. The molecule has 5 heteroatoms. The van der Waals surface area contributed by atoms with E-state index in [4.69, 9.17) is 0 Å². The molecule has 0 aromatic heterocycles. The first-order valence-corrected chi connectivity index (χ1v) is 8.73. The molecule has 1 aliphatic carbocycles. The predicted molar refractivity (Wildman–Crippen MR) is 81.3 cm³/mol. The Bertz CT molecular complexity index is 333. The van der Waals surface area contributed by atoms with E-state index in [-0.39, 0.29) is 5.91 Å². The average molecular weight is 286 g/mol. The number of aliphatic imine (C=N–C) groups is 1. The van der Waals surface area contributed by atoms with E-state index in [1.165, 1.54) is 12.8 Å². The molecule has 3 nitrogen and oxygen atoms in total. The zero-order valence-corrected chi connectivity index (χ0v) is 12.8. The normalized spacial score (nSPS) is 32.1. The van der Waals surface area contributed by atoms with Gasteiger partial charge in [0.15, 0.2) is 0 Å². The second-order valence-corrected chi connectivity index (χ2v) is 7.53. The third-order valence-corrected chi connectivity index (χ3v) is 6.19. The van der Waals surface area contributed by atoms with E-state index in [1.54, 1.807) is 23.5 Å². The molecule has 18 heavy (non-hydrogen) atoms. The highest BCUT2D eigenvalue weighted by Gasteiger charge is 2.28. The minimum Gasteiger partial charge on any atom is -0.352 e. The molecule has 1 amide bonds. The van der Waals surface area contributed by atoms with Gasteiger partial charge in [-0.25, -0.2) is 0 Å². The topological polar surface area (TPSA) is 41.5 Å². The van der Waals surface area contributed by atoms with Crippen LogP contribution in [0.4, 0.5) is 0 Å². The predicted octanol–water partition coefficient (Wildman–Crippen LogP) is 2.76. The molecule has 2 aliphatic rings. The molecule has 0 bridgehead atoms. The molecule has 2 rings (SSSR count). The third-order valence-electron chi connectivity index (χ3n) is 3.94. The van der Waals surface area contributed by atoms with Crippen LogP contribution in [0, 0.1) is 11.8 Å². The summed E-state index contributed by atoms with van der Waals surface area (Å²) in [6, 6.07) is 0.375. The highest BCUT2D eigenvalue weighted by molar-refractivity contribution is 8.39. The summed E-state index contributed by atoms with van der Waals surface area (Å²) >= 11 is 3.35. The second kappa shape index (κ2) is 6.85. The van der Waals surface area contributed by atoms with E-state index in [1.807, 2.05) is 0 Å². The van der Waals surface area contributed by atoms with Gasteiger partial charge in [0.05, 0.1) is 12.3 Å². The molecule has 3 atom stereocenters. The van der Waals surface area contributed by atoms with Crippen molar-refractivity contribution < 1.29 is 4.79 Å². The van der Waals surface area contributed by atoms with Crippen molar-refractivity contribution in [3.05, 3.63) is 0 Å². The molecular weight excluding hydrogens is 264 g/mol. The van der Waals surface area contributed by atoms with Crippen molar-refractivity contribution in [2.45, 2.75) is 39.2 Å². The summed E-state index contributed by atoms with van der Waals surface area (Å²) < 4.78 is 1.08. The van der Waals surface area contributed by atoms with Gasteiger partial charge in [0.1, 0.15) is 4.38 Å². The number of carbonyl (C=O) groups is 1. The standard InChI is InChI=1S/C13H22N2OS2/c1-9-4-3-5-11(10(9)2)15-12(16)8-18-13-14-6-7-17-13/h9-11H,3-8H2,1-2H3,(H,15,16)/t9-,10+,11-/m1/s1. The number of carbonyl (C=O) groups excluding carboxylic acids is 1. The van der Waals surface area contributed by atoms with Gasteiger partial charge in [-0.2, -0.15) is 0 Å². The van der Waals surface area contributed by atoms with Gasteiger partial charge in [0.25, 0.3) is 0 Å². The maximum Gasteiger partial charge on any atom is 0.230 e. The summed E-state index contributed by atoms with van der Waals surface area (Å²) in [5, 5.41) is 3.20. The molecule has 1 heterocycles. The summed E-state index contributed by atoms with van der Waals surface area (Å²) in [5.41, 5.74) is 0. The Morgan fingerprint density at radius 3 is 3.06 bits per heavy atom. The lowest BCUT2D eigenvalue weighted by Crippen LogP contribution is -2.44. The summed E-state index contributed by atoms with van der Waals surface area (Å²) in [4.78, 5) is 16.3. The fourth-order valence-electron chi connectivity index (χ4n) is 2.56. The Labute approximate surface area is 118 Å². The van der Waals surface area contributed by atoms with Crippen LogP contribution in [0.25, 0.3) is 0 Å². The lowest BCUT2D eigenvalue weighted by molar-refractivity contribution is -0.119. The molecule has 0 saturated heterocycles. The fourth-order valence-corrected chi connectivity index (χ4v) is 4.38. The number of nitrogens with zero attached hydrogens (tertiary/aromatic N) is 1. The lowest BCUT2D eigenvalue weighted by atomic mass is 9.78. The summed E-state index contributed by atoms with van der Waals surface area (Å²) in [6.07, 6.45) is 3.68. The van der Waals surface area contributed by atoms with Crippen LogP contribution >= 0.6 is 23.5 Å². The van der Waals surface area contributed by atoms with Crippen LogP contribution in [0.15, 0.2) is 4.99 Å². The highest BCUT2D eigenvalue weighted by Crippen LogP contribution is 2.29. The van der Waals surface area contributed by atoms with Gasteiger partial charge in [0, 0.05) is 11.8 Å². The van der Waals surface area contributed by atoms with E-state index < -0.39 is 0 Å². The maximum absolute atomic E-state index is 11.9. The minimum atomic E-state index is 0.168. The molecule has 0 radical (unpaired) electrons. The molecular formula is C13H22N2OS2. The van der Waals surface area contributed by atoms with E-state index in [2.05, 4.69) is 24.2 Å². The van der Waals surface area contributed by atoms with E-state index >= 15 is 0 Å². The summed E-state index contributed by atoms with van der Waals surface area (Å²) in [6.45, 7) is 5.46. The van der Waals surface area contributed by atoms with Crippen molar-refractivity contribution in [1.29, 1.82) is 0 Å². The Morgan fingerprint density at radius 1 is 1.50 bits per heavy atom. The lowest BCUT2D eigenvalue weighted by Gasteiger charge is -2.34. The molecule has 0 spiro atoms. The van der Waals surface area contributed by atoms with Gasteiger partial charge in [-0.15, -0.1) is 0 Å². The molecule has 0 unspecified atom stereocenters. The Balaban J connectivity index is 1.72. The molecule has 1 aliphatic heterocycles. The zero-order valence-electron chi connectivity index (χ0n) is 11.1. The van der Waals surface area contributed by atoms with E-state index in [0.29, 0.717) is 17.7 Å². The number of nitrogens with one attached hydrogen (secondary N) is 1. The summed E-state index contributed by atoms with van der Waals surface area (Å²) in [5.74, 6) is 3.09. The van der Waals surface area contributed by atoms with Crippen LogP contribution < -0.4 is 5.32 Å². The maximum atomic E-state index is 11.9. The van der Waals surface area contributed by atoms with Crippen molar-refractivity contribution in [3.63, 3.8) is 0 Å². The first-order chi connectivity index (χ1) is 8.66. The van der Waals surface area contributed by atoms with Gasteiger partial charge >= 0.3 is 0 Å². The van der Waals surface area contributed by atoms with Crippen molar-refractivity contribution in [2.75, 3.05) is 18.1 Å². The van der Waals surface area contributed by atoms with Gasteiger partial charge in [0.2, 0.25) is 5.91 Å². The fraction of sp³-hybridized carbons (Fsp3) is 0.846. The van der Waals surface area contributed by atoms with Crippen molar-refractivity contribution in [2.24, 2.45) is 16.8 Å².